The third kappa shape index (κ3) is 3.01. The first kappa shape index (κ1) is 14.3. The van der Waals surface area contributed by atoms with Crippen molar-refractivity contribution in [3.05, 3.63) is 28.3 Å². The Morgan fingerprint density at radius 3 is 2.95 bits per heavy atom. The molecule has 1 amide bonds. The van der Waals surface area contributed by atoms with E-state index in [-0.39, 0.29) is 12.0 Å². The second-order valence-corrected chi connectivity index (χ2v) is 6.79. The first-order valence-corrected chi connectivity index (χ1v) is 7.95. The number of aryl methyl sites for hydroxylation is 1. The number of H-pyrrole nitrogens is 1. The standard InChI is InChI=1S/C15H19N3O2S/c1-9-17-14(8-21-9)11-5-13(16-6-11)15(20)18(2)7-10-3-12(19)4-10/h5-6,8,10,12,16,19H,3-4,7H2,1-2H3. The Balaban J connectivity index is 1.66. The third-order valence-corrected chi connectivity index (χ3v) is 4.69. The number of nitrogens with zero attached hydrogens (tertiary/aromatic N) is 2. The summed E-state index contributed by atoms with van der Waals surface area (Å²) in [4.78, 5) is 21.5. The highest BCUT2D eigenvalue weighted by Gasteiger charge is 2.29. The van der Waals surface area contributed by atoms with Crippen molar-refractivity contribution in [2.24, 2.45) is 5.92 Å². The summed E-state index contributed by atoms with van der Waals surface area (Å²) in [6.45, 7) is 2.66. The summed E-state index contributed by atoms with van der Waals surface area (Å²) in [5.41, 5.74) is 2.42. The van der Waals surface area contributed by atoms with E-state index in [1.165, 1.54) is 0 Å². The molecule has 2 N–H and O–H groups in total. The molecule has 1 aliphatic carbocycles. The van der Waals surface area contributed by atoms with Crippen LogP contribution in [0.1, 0.15) is 28.3 Å². The zero-order valence-electron chi connectivity index (χ0n) is 12.2. The van der Waals surface area contributed by atoms with E-state index in [1.807, 2.05) is 24.6 Å². The van der Waals surface area contributed by atoms with Crippen LogP contribution in [0, 0.1) is 12.8 Å². The molecule has 0 spiro atoms. The Kier molecular flexibility index (Phi) is 3.82. The Labute approximate surface area is 127 Å². The summed E-state index contributed by atoms with van der Waals surface area (Å²) in [5, 5.41) is 12.3. The first-order chi connectivity index (χ1) is 10.0. The average molecular weight is 305 g/mol. The van der Waals surface area contributed by atoms with Gasteiger partial charge in [-0.05, 0) is 31.7 Å². The van der Waals surface area contributed by atoms with E-state index in [2.05, 4.69) is 9.97 Å². The van der Waals surface area contributed by atoms with Crippen molar-refractivity contribution in [1.29, 1.82) is 0 Å². The van der Waals surface area contributed by atoms with E-state index in [0.717, 1.165) is 29.1 Å². The molecule has 0 radical (unpaired) electrons. The minimum absolute atomic E-state index is 0.0189. The van der Waals surface area contributed by atoms with Crippen LogP contribution in [0.4, 0.5) is 0 Å². The number of hydrogen-bond donors (Lipinski definition) is 2. The van der Waals surface area contributed by atoms with Gasteiger partial charge in [-0.1, -0.05) is 0 Å². The van der Waals surface area contributed by atoms with Crippen LogP contribution < -0.4 is 0 Å². The second-order valence-electron chi connectivity index (χ2n) is 5.73. The average Bonchev–Trinajstić information content (AvgIpc) is 3.04. The number of carbonyl (C=O) groups excluding carboxylic acids is 1. The number of thiazole rings is 1. The SMILES string of the molecule is Cc1nc(-c2c[nH]c(C(=O)N(C)CC3CC(O)C3)c2)cs1. The van der Waals surface area contributed by atoms with Crippen molar-refractivity contribution < 1.29 is 9.90 Å². The summed E-state index contributed by atoms with van der Waals surface area (Å²) in [6.07, 6.45) is 3.24. The highest BCUT2D eigenvalue weighted by Crippen LogP contribution is 2.28. The molecule has 1 aliphatic rings. The lowest BCUT2D eigenvalue weighted by Gasteiger charge is -2.34. The molecule has 6 heteroatoms. The Bertz CT molecular complexity index is 643. The number of hydrogen-bond acceptors (Lipinski definition) is 4. The Morgan fingerprint density at radius 2 is 2.33 bits per heavy atom. The van der Waals surface area contributed by atoms with Crippen LogP contribution >= 0.6 is 11.3 Å². The van der Waals surface area contributed by atoms with E-state index in [0.29, 0.717) is 18.2 Å². The molecule has 2 aromatic heterocycles. The van der Waals surface area contributed by atoms with Gasteiger partial charge in [0, 0.05) is 30.7 Å². The van der Waals surface area contributed by atoms with Crippen LogP contribution in [0.2, 0.25) is 0 Å². The number of aliphatic hydroxyl groups is 1. The summed E-state index contributed by atoms with van der Waals surface area (Å²) < 4.78 is 0. The molecule has 3 rings (SSSR count). The molecule has 0 aromatic carbocycles. The molecular formula is C15H19N3O2S. The van der Waals surface area contributed by atoms with Gasteiger partial charge in [0.05, 0.1) is 16.8 Å². The Hall–Kier alpha value is -1.66. The molecule has 5 nitrogen and oxygen atoms in total. The van der Waals surface area contributed by atoms with Gasteiger partial charge < -0.3 is 15.0 Å². The lowest BCUT2D eigenvalue weighted by molar-refractivity contribution is 0.0264. The minimum Gasteiger partial charge on any atom is -0.393 e. The van der Waals surface area contributed by atoms with Crippen molar-refractivity contribution in [2.45, 2.75) is 25.9 Å². The van der Waals surface area contributed by atoms with Crippen LogP contribution in [-0.4, -0.2) is 45.6 Å². The zero-order chi connectivity index (χ0) is 15.0. The lowest BCUT2D eigenvalue weighted by Crippen LogP contribution is -2.39. The van der Waals surface area contributed by atoms with E-state index >= 15 is 0 Å². The molecule has 112 valence electrons. The van der Waals surface area contributed by atoms with Gasteiger partial charge >= 0.3 is 0 Å². The van der Waals surface area contributed by atoms with Gasteiger partial charge in [0.25, 0.3) is 5.91 Å². The monoisotopic (exact) mass is 305 g/mol. The van der Waals surface area contributed by atoms with Gasteiger partial charge in [0.15, 0.2) is 0 Å². The predicted octanol–water partition coefficient (Wildman–Crippen LogP) is 2.29. The van der Waals surface area contributed by atoms with E-state index < -0.39 is 0 Å². The van der Waals surface area contributed by atoms with Gasteiger partial charge in [0.2, 0.25) is 0 Å². The molecule has 1 saturated carbocycles. The molecule has 1 fully saturated rings. The number of amides is 1. The molecule has 0 atom stereocenters. The highest BCUT2D eigenvalue weighted by molar-refractivity contribution is 7.09. The molecule has 0 bridgehead atoms. The molecule has 0 unspecified atom stereocenters. The van der Waals surface area contributed by atoms with Gasteiger partial charge in [-0.2, -0.15) is 0 Å². The van der Waals surface area contributed by atoms with Gasteiger partial charge in [-0.25, -0.2) is 4.98 Å². The number of aromatic amines is 1. The quantitative estimate of drug-likeness (QED) is 0.910. The van der Waals surface area contributed by atoms with Crippen LogP contribution in [-0.2, 0) is 0 Å². The zero-order valence-corrected chi connectivity index (χ0v) is 13.0. The number of nitrogens with one attached hydrogen (secondary N) is 1. The van der Waals surface area contributed by atoms with E-state index in [1.54, 1.807) is 23.3 Å². The predicted molar refractivity (Wildman–Crippen MR) is 82.3 cm³/mol. The summed E-state index contributed by atoms with van der Waals surface area (Å²) in [5.74, 6) is 0.402. The molecule has 2 aromatic rings. The topological polar surface area (TPSA) is 69.2 Å². The van der Waals surface area contributed by atoms with Gasteiger partial charge in [0.1, 0.15) is 5.69 Å². The van der Waals surface area contributed by atoms with Crippen LogP contribution in [0.5, 0.6) is 0 Å². The van der Waals surface area contributed by atoms with Crippen molar-refractivity contribution in [2.75, 3.05) is 13.6 Å². The summed E-state index contributed by atoms with van der Waals surface area (Å²) in [6, 6.07) is 1.85. The maximum Gasteiger partial charge on any atom is 0.270 e. The fraction of sp³-hybridized carbons (Fsp3) is 0.467. The maximum atomic E-state index is 12.4. The fourth-order valence-electron chi connectivity index (χ4n) is 2.69. The van der Waals surface area contributed by atoms with Crippen molar-refractivity contribution in [1.82, 2.24) is 14.9 Å². The highest BCUT2D eigenvalue weighted by atomic mass is 32.1. The van der Waals surface area contributed by atoms with Crippen LogP contribution in [0.25, 0.3) is 11.3 Å². The first-order valence-electron chi connectivity index (χ1n) is 7.07. The molecule has 21 heavy (non-hydrogen) atoms. The molecule has 2 heterocycles. The van der Waals surface area contributed by atoms with Crippen molar-refractivity contribution in [3.63, 3.8) is 0 Å². The van der Waals surface area contributed by atoms with Crippen LogP contribution in [0.15, 0.2) is 17.6 Å². The maximum absolute atomic E-state index is 12.4. The second kappa shape index (κ2) is 5.61. The van der Waals surface area contributed by atoms with Crippen molar-refractivity contribution in [3.8, 4) is 11.3 Å². The lowest BCUT2D eigenvalue weighted by atomic mass is 9.82. The fourth-order valence-corrected chi connectivity index (χ4v) is 3.31. The smallest absolute Gasteiger partial charge is 0.270 e. The normalized spacial score (nSPS) is 21.1. The Morgan fingerprint density at radius 1 is 1.57 bits per heavy atom. The largest absolute Gasteiger partial charge is 0.393 e. The van der Waals surface area contributed by atoms with E-state index in [9.17, 15) is 9.90 Å². The van der Waals surface area contributed by atoms with Gasteiger partial charge in [-0.15, -0.1) is 11.3 Å². The third-order valence-electron chi connectivity index (χ3n) is 3.92. The number of rotatable bonds is 4. The molecular weight excluding hydrogens is 286 g/mol. The van der Waals surface area contributed by atoms with Crippen molar-refractivity contribution >= 4 is 17.2 Å². The number of aromatic nitrogens is 2. The summed E-state index contributed by atoms with van der Waals surface area (Å²) in [7, 11) is 1.81. The molecule has 0 saturated heterocycles. The number of aliphatic hydroxyl groups excluding tert-OH is 1. The minimum atomic E-state index is -0.177. The van der Waals surface area contributed by atoms with Gasteiger partial charge in [-0.3, -0.25) is 4.79 Å². The summed E-state index contributed by atoms with van der Waals surface area (Å²) >= 11 is 1.60. The van der Waals surface area contributed by atoms with E-state index in [4.69, 9.17) is 0 Å². The van der Waals surface area contributed by atoms with Crippen LogP contribution in [0.3, 0.4) is 0 Å². The number of carbonyl (C=O) groups is 1. The molecule has 0 aliphatic heterocycles.